The third-order valence-electron chi connectivity index (χ3n) is 10.1. The molecule has 0 nitrogen and oxygen atoms in total. The maximum absolute atomic E-state index is 2.74. The Labute approximate surface area is 151 Å². The molecular formula is C24H42. The Hall–Kier alpha value is 0. The molecular weight excluding hydrogens is 288 g/mol. The van der Waals surface area contributed by atoms with Crippen LogP contribution in [-0.4, -0.2) is 0 Å². The first-order chi connectivity index (χ1) is 11.5. The second kappa shape index (κ2) is 6.31. The lowest BCUT2D eigenvalue weighted by molar-refractivity contribution is -0.139. The van der Waals surface area contributed by atoms with E-state index in [4.69, 9.17) is 0 Å². The van der Waals surface area contributed by atoms with Gasteiger partial charge in [-0.3, -0.25) is 0 Å². The molecule has 0 aromatic rings. The monoisotopic (exact) mass is 330 g/mol. The quantitative estimate of drug-likeness (QED) is 0.503. The van der Waals surface area contributed by atoms with Gasteiger partial charge < -0.3 is 0 Å². The largest absolute Gasteiger partial charge is 0.0654 e. The van der Waals surface area contributed by atoms with Gasteiger partial charge in [0.2, 0.25) is 0 Å². The van der Waals surface area contributed by atoms with Gasteiger partial charge in [-0.2, -0.15) is 0 Å². The first-order valence-electron chi connectivity index (χ1n) is 11.5. The lowest BCUT2D eigenvalue weighted by Gasteiger charge is -2.63. The molecule has 0 heterocycles. The Morgan fingerprint density at radius 1 is 0.833 bits per heavy atom. The molecule has 0 radical (unpaired) electrons. The molecule has 0 N–H and O–H groups in total. The third kappa shape index (κ3) is 2.37. The molecule has 0 aromatic heterocycles. The molecule has 0 saturated heterocycles. The van der Waals surface area contributed by atoms with Gasteiger partial charge >= 0.3 is 0 Å². The highest BCUT2D eigenvalue weighted by Gasteiger charge is 2.61. The van der Waals surface area contributed by atoms with Crippen molar-refractivity contribution >= 4 is 0 Å². The molecule has 4 saturated carbocycles. The first kappa shape index (κ1) is 17.4. The second-order valence-corrected chi connectivity index (χ2v) is 10.8. The van der Waals surface area contributed by atoms with Gasteiger partial charge in [-0.05, 0) is 91.3 Å². The van der Waals surface area contributed by atoms with E-state index >= 15 is 0 Å². The Morgan fingerprint density at radius 3 is 2.38 bits per heavy atom. The SMILES string of the molecule is CCCC1CC2CCCC[C@]2(C)[C@H]2CC[C@]3(C)[C@@H](CC)CC[C@H]3[C@H]12. The second-order valence-electron chi connectivity index (χ2n) is 10.8. The third-order valence-corrected chi connectivity index (χ3v) is 10.1. The van der Waals surface area contributed by atoms with Crippen LogP contribution >= 0.6 is 0 Å². The Morgan fingerprint density at radius 2 is 1.62 bits per heavy atom. The molecule has 24 heavy (non-hydrogen) atoms. The molecule has 0 amide bonds. The van der Waals surface area contributed by atoms with E-state index in [9.17, 15) is 0 Å². The van der Waals surface area contributed by atoms with Crippen LogP contribution in [0.3, 0.4) is 0 Å². The van der Waals surface area contributed by atoms with Crippen molar-refractivity contribution in [1.29, 1.82) is 0 Å². The van der Waals surface area contributed by atoms with Crippen molar-refractivity contribution in [1.82, 2.24) is 0 Å². The number of rotatable bonds is 3. The van der Waals surface area contributed by atoms with Gasteiger partial charge in [-0.1, -0.05) is 59.8 Å². The summed E-state index contributed by atoms with van der Waals surface area (Å²) in [4.78, 5) is 0. The van der Waals surface area contributed by atoms with Crippen LogP contribution in [0.1, 0.15) is 105 Å². The molecule has 0 aromatic carbocycles. The Balaban J connectivity index is 1.68. The minimum atomic E-state index is 0.694. The molecule has 0 spiro atoms. The highest BCUT2D eigenvalue weighted by atomic mass is 14.7. The van der Waals surface area contributed by atoms with Gasteiger partial charge in [0.15, 0.2) is 0 Å². The summed E-state index contributed by atoms with van der Waals surface area (Å²) >= 11 is 0. The summed E-state index contributed by atoms with van der Waals surface area (Å²) in [5, 5.41) is 0. The van der Waals surface area contributed by atoms with Gasteiger partial charge in [0.1, 0.15) is 0 Å². The predicted molar refractivity (Wildman–Crippen MR) is 104 cm³/mol. The molecule has 8 atom stereocenters. The summed E-state index contributed by atoms with van der Waals surface area (Å²) in [7, 11) is 0. The van der Waals surface area contributed by atoms with Crippen molar-refractivity contribution in [3.8, 4) is 0 Å². The van der Waals surface area contributed by atoms with Crippen molar-refractivity contribution in [3.63, 3.8) is 0 Å². The fraction of sp³-hybridized carbons (Fsp3) is 1.00. The fourth-order valence-electron chi connectivity index (χ4n) is 8.91. The van der Waals surface area contributed by atoms with Crippen molar-refractivity contribution in [3.05, 3.63) is 0 Å². The van der Waals surface area contributed by atoms with Crippen LogP contribution in [0.15, 0.2) is 0 Å². The molecule has 4 rings (SSSR count). The van der Waals surface area contributed by atoms with Crippen molar-refractivity contribution in [2.45, 2.75) is 105 Å². The van der Waals surface area contributed by atoms with Crippen LogP contribution in [-0.2, 0) is 0 Å². The normalized spacial score (nSPS) is 54.0. The van der Waals surface area contributed by atoms with E-state index in [1.54, 1.807) is 44.9 Å². The summed E-state index contributed by atoms with van der Waals surface area (Å²) in [6.45, 7) is 10.4. The first-order valence-corrected chi connectivity index (χ1v) is 11.5. The smallest absolute Gasteiger partial charge is 0.0266 e. The van der Waals surface area contributed by atoms with Crippen LogP contribution in [0.25, 0.3) is 0 Å². The maximum atomic E-state index is 2.74. The van der Waals surface area contributed by atoms with Gasteiger partial charge in [0.05, 0.1) is 0 Å². The Bertz CT molecular complexity index is 453. The highest BCUT2D eigenvalue weighted by Crippen LogP contribution is 2.69. The molecule has 4 aliphatic rings. The van der Waals surface area contributed by atoms with E-state index < -0.39 is 0 Å². The molecule has 2 unspecified atom stereocenters. The summed E-state index contributed by atoms with van der Waals surface area (Å²) in [6, 6.07) is 0. The van der Waals surface area contributed by atoms with Crippen molar-refractivity contribution in [2.24, 2.45) is 46.3 Å². The van der Waals surface area contributed by atoms with Gasteiger partial charge in [0.25, 0.3) is 0 Å². The Kier molecular flexibility index (Phi) is 4.58. The molecule has 138 valence electrons. The zero-order valence-corrected chi connectivity index (χ0v) is 16.9. The van der Waals surface area contributed by atoms with Crippen LogP contribution < -0.4 is 0 Å². The highest BCUT2D eigenvalue weighted by molar-refractivity contribution is 5.10. The van der Waals surface area contributed by atoms with Gasteiger partial charge in [-0.15, -0.1) is 0 Å². The topological polar surface area (TPSA) is 0 Å². The molecule has 4 aliphatic carbocycles. The summed E-state index contributed by atoms with van der Waals surface area (Å²) < 4.78 is 0. The molecule has 0 heteroatoms. The van der Waals surface area contributed by atoms with E-state index in [-0.39, 0.29) is 0 Å². The molecule has 4 fully saturated rings. The van der Waals surface area contributed by atoms with Gasteiger partial charge in [-0.25, -0.2) is 0 Å². The zero-order chi connectivity index (χ0) is 16.9. The lowest BCUT2D eigenvalue weighted by Crippen LogP contribution is -2.55. The van der Waals surface area contributed by atoms with Crippen LogP contribution in [0.4, 0.5) is 0 Å². The van der Waals surface area contributed by atoms with E-state index in [2.05, 4.69) is 27.7 Å². The number of hydrogen-bond acceptors (Lipinski definition) is 0. The summed E-state index contributed by atoms with van der Waals surface area (Å²) in [5.74, 6) is 6.38. The van der Waals surface area contributed by atoms with Crippen LogP contribution in [0.5, 0.6) is 0 Å². The summed E-state index contributed by atoms with van der Waals surface area (Å²) in [5.41, 5.74) is 1.40. The fourth-order valence-corrected chi connectivity index (χ4v) is 8.91. The van der Waals surface area contributed by atoms with Crippen molar-refractivity contribution < 1.29 is 0 Å². The summed E-state index contributed by atoms with van der Waals surface area (Å²) in [6.07, 6.45) is 18.4. The van der Waals surface area contributed by atoms with Crippen LogP contribution in [0, 0.1) is 46.3 Å². The minimum absolute atomic E-state index is 0.694. The van der Waals surface area contributed by atoms with E-state index in [1.807, 2.05) is 0 Å². The van der Waals surface area contributed by atoms with E-state index in [0.717, 1.165) is 35.5 Å². The molecule has 0 aliphatic heterocycles. The lowest BCUT2D eigenvalue weighted by atomic mass is 9.42. The standard InChI is InChI=1S/C24H42/c1-5-9-17-16-19-10-7-8-14-23(19,3)21-13-15-24(4)18(6-2)11-12-20(24)22(17)21/h17-22H,5-16H2,1-4H3/t17?,18-,19?,20-,21-,22-,23-,24+/m0/s1. The predicted octanol–water partition coefficient (Wildman–Crippen LogP) is 7.47. The van der Waals surface area contributed by atoms with E-state index in [0.29, 0.717) is 10.8 Å². The average Bonchev–Trinajstić information content (AvgIpc) is 2.91. The van der Waals surface area contributed by atoms with Crippen LogP contribution in [0.2, 0.25) is 0 Å². The zero-order valence-electron chi connectivity index (χ0n) is 16.9. The molecule has 0 bridgehead atoms. The average molecular weight is 331 g/mol. The number of fused-ring (bicyclic) bond motifs is 5. The number of hydrogen-bond donors (Lipinski definition) is 0. The van der Waals surface area contributed by atoms with E-state index in [1.165, 1.54) is 32.1 Å². The maximum Gasteiger partial charge on any atom is -0.0266 e. The van der Waals surface area contributed by atoms with Gasteiger partial charge in [0, 0.05) is 0 Å². The minimum Gasteiger partial charge on any atom is -0.0654 e. The van der Waals surface area contributed by atoms with Crippen molar-refractivity contribution in [2.75, 3.05) is 0 Å².